The highest BCUT2D eigenvalue weighted by atomic mass is 16.5. The number of carbonyl (C=O) groups is 1. The molecule has 19 heavy (non-hydrogen) atoms. The van der Waals surface area contributed by atoms with Crippen molar-refractivity contribution in [2.45, 2.75) is 20.0 Å². The van der Waals surface area contributed by atoms with Crippen molar-refractivity contribution >= 4 is 11.9 Å². The lowest BCUT2D eigenvalue weighted by Gasteiger charge is -2.11. The third-order valence-corrected chi connectivity index (χ3v) is 2.51. The summed E-state index contributed by atoms with van der Waals surface area (Å²) in [5.41, 5.74) is 0.543. The Hall–Kier alpha value is -2.30. The number of aryl methyl sites for hydroxylation is 1. The number of rotatable bonds is 4. The van der Waals surface area contributed by atoms with Crippen molar-refractivity contribution in [1.29, 1.82) is 0 Å². The first kappa shape index (κ1) is 13.1. The molecule has 0 aliphatic carbocycles. The molecular formula is C14H17N3O2. The van der Waals surface area contributed by atoms with Crippen LogP contribution in [0.15, 0.2) is 36.7 Å². The molecule has 2 aromatic rings. The molecule has 0 aliphatic rings. The predicted octanol–water partition coefficient (Wildman–Crippen LogP) is 2.46. The number of anilines is 1. The van der Waals surface area contributed by atoms with Crippen molar-refractivity contribution in [3.63, 3.8) is 0 Å². The maximum Gasteiger partial charge on any atom is 0.258 e. The minimum atomic E-state index is -0.205. The van der Waals surface area contributed by atoms with Gasteiger partial charge in [0.2, 0.25) is 5.95 Å². The second-order valence-corrected chi connectivity index (χ2v) is 4.51. The second kappa shape index (κ2) is 5.56. The smallest absolute Gasteiger partial charge is 0.258 e. The van der Waals surface area contributed by atoms with Gasteiger partial charge in [-0.3, -0.25) is 10.1 Å². The van der Waals surface area contributed by atoms with Crippen molar-refractivity contribution in [1.82, 2.24) is 9.55 Å². The fourth-order valence-corrected chi connectivity index (χ4v) is 1.64. The first-order valence-electron chi connectivity index (χ1n) is 6.11. The molecule has 0 fully saturated rings. The largest absolute Gasteiger partial charge is 0.491 e. The van der Waals surface area contributed by atoms with Gasteiger partial charge in [-0.25, -0.2) is 4.98 Å². The van der Waals surface area contributed by atoms with Gasteiger partial charge in [0.1, 0.15) is 5.75 Å². The number of imidazole rings is 1. The van der Waals surface area contributed by atoms with Crippen LogP contribution in [-0.2, 0) is 7.05 Å². The summed E-state index contributed by atoms with van der Waals surface area (Å²) in [7, 11) is 1.82. The van der Waals surface area contributed by atoms with E-state index in [2.05, 4.69) is 10.3 Å². The van der Waals surface area contributed by atoms with Gasteiger partial charge in [0.15, 0.2) is 0 Å². The standard InChI is InChI=1S/C14H17N3O2/c1-10(2)19-12-6-4-5-11(9-12)13(18)16-14-15-7-8-17(14)3/h4-10H,1-3H3,(H,15,16,18). The van der Waals surface area contributed by atoms with Crippen LogP contribution >= 0.6 is 0 Å². The molecule has 1 amide bonds. The molecule has 0 bridgehead atoms. The van der Waals surface area contributed by atoms with E-state index >= 15 is 0 Å². The molecule has 5 heteroatoms. The highest BCUT2D eigenvalue weighted by Crippen LogP contribution is 2.16. The van der Waals surface area contributed by atoms with Crippen LogP contribution in [0.5, 0.6) is 5.75 Å². The van der Waals surface area contributed by atoms with Crippen molar-refractivity contribution < 1.29 is 9.53 Å². The maximum absolute atomic E-state index is 12.1. The normalized spacial score (nSPS) is 10.5. The monoisotopic (exact) mass is 259 g/mol. The zero-order valence-corrected chi connectivity index (χ0v) is 11.3. The molecule has 0 radical (unpaired) electrons. The molecular weight excluding hydrogens is 242 g/mol. The zero-order chi connectivity index (χ0) is 13.8. The van der Waals surface area contributed by atoms with E-state index in [1.165, 1.54) is 0 Å². The van der Waals surface area contributed by atoms with Gasteiger partial charge in [-0.15, -0.1) is 0 Å². The van der Waals surface area contributed by atoms with E-state index in [0.717, 1.165) is 0 Å². The summed E-state index contributed by atoms with van der Waals surface area (Å²) in [5, 5.41) is 2.74. The number of nitrogens with zero attached hydrogens (tertiary/aromatic N) is 2. The first-order valence-corrected chi connectivity index (χ1v) is 6.11. The van der Waals surface area contributed by atoms with Crippen LogP contribution in [-0.4, -0.2) is 21.6 Å². The highest BCUT2D eigenvalue weighted by molar-refractivity contribution is 6.03. The number of aromatic nitrogens is 2. The van der Waals surface area contributed by atoms with Crippen molar-refractivity contribution in [2.75, 3.05) is 5.32 Å². The predicted molar refractivity (Wildman–Crippen MR) is 73.4 cm³/mol. The van der Waals surface area contributed by atoms with Crippen LogP contribution in [0.2, 0.25) is 0 Å². The molecule has 0 atom stereocenters. The van der Waals surface area contributed by atoms with E-state index in [0.29, 0.717) is 17.3 Å². The molecule has 0 saturated heterocycles. The van der Waals surface area contributed by atoms with Gasteiger partial charge in [0.05, 0.1) is 6.10 Å². The quantitative estimate of drug-likeness (QED) is 0.917. The lowest BCUT2D eigenvalue weighted by atomic mass is 10.2. The topological polar surface area (TPSA) is 56.1 Å². The van der Waals surface area contributed by atoms with Gasteiger partial charge in [-0.05, 0) is 32.0 Å². The Balaban J connectivity index is 2.13. The molecule has 0 aliphatic heterocycles. The van der Waals surface area contributed by atoms with Crippen LogP contribution in [0.25, 0.3) is 0 Å². The number of hydrogen-bond donors (Lipinski definition) is 1. The van der Waals surface area contributed by atoms with Crippen molar-refractivity contribution in [2.24, 2.45) is 7.05 Å². The van der Waals surface area contributed by atoms with Gasteiger partial charge >= 0.3 is 0 Å². The van der Waals surface area contributed by atoms with Gasteiger partial charge in [-0.2, -0.15) is 0 Å². The van der Waals surface area contributed by atoms with E-state index < -0.39 is 0 Å². The number of carbonyl (C=O) groups excluding carboxylic acids is 1. The highest BCUT2D eigenvalue weighted by Gasteiger charge is 2.10. The average molecular weight is 259 g/mol. The van der Waals surface area contributed by atoms with Gasteiger partial charge in [0, 0.05) is 25.0 Å². The van der Waals surface area contributed by atoms with Gasteiger partial charge in [-0.1, -0.05) is 6.07 Å². The van der Waals surface area contributed by atoms with Crippen LogP contribution in [0.3, 0.4) is 0 Å². The Morgan fingerprint density at radius 3 is 2.84 bits per heavy atom. The number of amides is 1. The Morgan fingerprint density at radius 2 is 2.21 bits per heavy atom. The summed E-state index contributed by atoms with van der Waals surface area (Å²) in [6, 6.07) is 7.09. The van der Waals surface area contributed by atoms with E-state index in [4.69, 9.17) is 4.74 Å². The molecule has 1 aromatic carbocycles. The Labute approximate surface area is 112 Å². The lowest BCUT2D eigenvalue weighted by Crippen LogP contribution is -2.15. The van der Waals surface area contributed by atoms with Crippen LogP contribution in [0, 0.1) is 0 Å². The van der Waals surface area contributed by atoms with Crippen molar-refractivity contribution in [3.05, 3.63) is 42.2 Å². The Kier molecular flexibility index (Phi) is 3.85. The lowest BCUT2D eigenvalue weighted by molar-refractivity contribution is 0.102. The van der Waals surface area contributed by atoms with E-state index in [9.17, 15) is 4.79 Å². The number of ether oxygens (including phenoxy) is 1. The van der Waals surface area contributed by atoms with Crippen molar-refractivity contribution in [3.8, 4) is 5.75 Å². The Morgan fingerprint density at radius 1 is 1.42 bits per heavy atom. The molecule has 1 aromatic heterocycles. The SMILES string of the molecule is CC(C)Oc1cccc(C(=O)Nc2nccn2C)c1. The third-order valence-electron chi connectivity index (χ3n) is 2.51. The summed E-state index contributed by atoms with van der Waals surface area (Å²) in [6.45, 7) is 3.89. The van der Waals surface area contributed by atoms with Crippen LogP contribution in [0.1, 0.15) is 24.2 Å². The summed E-state index contributed by atoms with van der Waals surface area (Å²) >= 11 is 0. The van der Waals surface area contributed by atoms with Gasteiger partial charge in [0.25, 0.3) is 5.91 Å². The summed E-state index contributed by atoms with van der Waals surface area (Å²) in [6.07, 6.45) is 3.48. The number of nitrogens with one attached hydrogen (secondary N) is 1. The molecule has 100 valence electrons. The molecule has 0 spiro atoms. The van der Waals surface area contributed by atoms with E-state index in [1.54, 1.807) is 35.2 Å². The van der Waals surface area contributed by atoms with Crippen LogP contribution in [0.4, 0.5) is 5.95 Å². The fourth-order valence-electron chi connectivity index (χ4n) is 1.64. The molecule has 2 rings (SSSR count). The minimum Gasteiger partial charge on any atom is -0.491 e. The average Bonchev–Trinajstić information content (AvgIpc) is 2.74. The molecule has 1 heterocycles. The van der Waals surface area contributed by atoms with Gasteiger partial charge < -0.3 is 9.30 Å². The zero-order valence-electron chi connectivity index (χ0n) is 11.3. The van der Waals surface area contributed by atoms with E-state index in [-0.39, 0.29) is 12.0 Å². The molecule has 0 saturated carbocycles. The third kappa shape index (κ3) is 3.34. The maximum atomic E-state index is 12.1. The molecule has 0 unspecified atom stereocenters. The Bertz CT molecular complexity index is 576. The summed E-state index contributed by atoms with van der Waals surface area (Å²) < 4.78 is 7.31. The summed E-state index contributed by atoms with van der Waals surface area (Å²) in [4.78, 5) is 16.1. The van der Waals surface area contributed by atoms with E-state index in [1.807, 2.05) is 27.0 Å². The molecule has 1 N–H and O–H groups in total. The second-order valence-electron chi connectivity index (χ2n) is 4.51. The first-order chi connectivity index (χ1) is 9.06. The summed E-state index contributed by atoms with van der Waals surface area (Å²) in [5.74, 6) is 0.992. The minimum absolute atomic E-state index is 0.0767. The number of hydrogen-bond acceptors (Lipinski definition) is 3. The fraction of sp³-hybridized carbons (Fsp3) is 0.286. The van der Waals surface area contributed by atoms with Crippen LogP contribution < -0.4 is 10.1 Å². The number of benzene rings is 1. The molecule has 5 nitrogen and oxygen atoms in total.